The SMILES string of the molecule is CNC(=O)c1ccc(NCC(c2ccc(Cl)cc2)N2CCOC(C)(C)C2)nn1. The molecule has 7 nitrogen and oxygen atoms in total. The number of halogens is 1. The van der Waals surface area contributed by atoms with Crippen LogP contribution in [0, 0.1) is 0 Å². The van der Waals surface area contributed by atoms with Gasteiger partial charge in [-0.2, -0.15) is 0 Å². The van der Waals surface area contributed by atoms with E-state index in [1.807, 2.05) is 12.1 Å². The van der Waals surface area contributed by atoms with Gasteiger partial charge in [0.1, 0.15) is 5.82 Å². The molecule has 28 heavy (non-hydrogen) atoms. The summed E-state index contributed by atoms with van der Waals surface area (Å²) in [4.78, 5) is 14.0. The highest BCUT2D eigenvalue weighted by Gasteiger charge is 2.32. The monoisotopic (exact) mass is 403 g/mol. The van der Waals surface area contributed by atoms with Crippen molar-refractivity contribution in [1.29, 1.82) is 0 Å². The van der Waals surface area contributed by atoms with E-state index in [0.29, 0.717) is 24.0 Å². The number of carbonyl (C=O) groups excluding carboxylic acids is 1. The van der Waals surface area contributed by atoms with Gasteiger partial charge in [-0.05, 0) is 43.7 Å². The summed E-state index contributed by atoms with van der Waals surface area (Å²) in [5, 5.41) is 14.7. The molecule has 1 aliphatic heterocycles. The third-order valence-electron chi connectivity index (χ3n) is 4.75. The van der Waals surface area contributed by atoms with Crippen LogP contribution < -0.4 is 10.6 Å². The van der Waals surface area contributed by atoms with Gasteiger partial charge in [0, 0.05) is 31.7 Å². The minimum atomic E-state index is -0.256. The van der Waals surface area contributed by atoms with E-state index in [2.05, 4.69) is 51.7 Å². The molecule has 8 heteroatoms. The minimum Gasteiger partial charge on any atom is -0.373 e. The zero-order valence-corrected chi connectivity index (χ0v) is 17.2. The Kier molecular flexibility index (Phi) is 6.49. The van der Waals surface area contributed by atoms with Crippen LogP contribution in [0.15, 0.2) is 36.4 Å². The van der Waals surface area contributed by atoms with Crippen molar-refractivity contribution < 1.29 is 9.53 Å². The second kappa shape index (κ2) is 8.86. The van der Waals surface area contributed by atoms with Crippen LogP contribution in [0.2, 0.25) is 5.02 Å². The average Bonchev–Trinajstić information content (AvgIpc) is 2.68. The number of rotatable bonds is 6. The largest absolute Gasteiger partial charge is 0.373 e. The van der Waals surface area contributed by atoms with Gasteiger partial charge in [0.25, 0.3) is 5.91 Å². The zero-order valence-electron chi connectivity index (χ0n) is 16.4. The van der Waals surface area contributed by atoms with Crippen LogP contribution >= 0.6 is 11.6 Å². The first kappa shape index (κ1) is 20.5. The molecule has 1 aromatic heterocycles. The van der Waals surface area contributed by atoms with Crippen molar-refractivity contribution in [2.24, 2.45) is 0 Å². The molecule has 2 N–H and O–H groups in total. The van der Waals surface area contributed by atoms with Crippen LogP contribution in [0.3, 0.4) is 0 Å². The Morgan fingerprint density at radius 3 is 2.61 bits per heavy atom. The summed E-state index contributed by atoms with van der Waals surface area (Å²) in [5.41, 5.74) is 1.26. The predicted octanol–water partition coefficient (Wildman–Crippen LogP) is 2.75. The molecule has 1 aromatic carbocycles. The molecule has 1 unspecified atom stereocenters. The van der Waals surface area contributed by atoms with Crippen LogP contribution in [-0.4, -0.2) is 59.9 Å². The van der Waals surface area contributed by atoms with E-state index in [1.165, 1.54) is 5.56 Å². The second-order valence-electron chi connectivity index (χ2n) is 7.41. The average molecular weight is 404 g/mol. The van der Waals surface area contributed by atoms with Crippen LogP contribution in [0.1, 0.15) is 35.9 Å². The summed E-state index contributed by atoms with van der Waals surface area (Å²) < 4.78 is 5.87. The number of anilines is 1. The number of benzene rings is 1. The molecule has 1 fully saturated rings. The number of aromatic nitrogens is 2. The van der Waals surface area contributed by atoms with Crippen molar-refractivity contribution in [3.8, 4) is 0 Å². The van der Waals surface area contributed by atoms with Gasteiger partial charge in [0.15, 0.2) is 5.69 Å². The van der Waals surface area contributed by atoms with Crippen molar-refractivity contribution in [2.75, 3.05) is 38.6 Å². The maximum atomic E-state index is 11.6. The highest BCUT2D eigenvalue weighted by atomic mass is 35.5. The van der Waals surface area contributed by atoms with E-state index >= 15 is 0 Å². The summed E-state index contributed by atoms with van der Waals surface area (Å²) >= 11 is 6.07. The highest BCUT2D eigenvalue weighted by Crippen LogP contribution is 2.28. The molecule has 2 aromatic rings. The summed E-state index contributed by atoms with van der Waals surface area (Å²) in [6.45, 7) is 7.22. The Bertz CT molecular complexity index is 795. The number of nitrogens with zero attached hydrogens (tertiary/aromatic N) is 3. The smallest absolute Gasteiger partial charge is 0.271 e. The first-order chi connectivity index (χ1) is 13.4. The van der Waals surface area contributed by atoms with Crippen molar-refractivity contribution in [3.63, 3.8) is 0 Å². The number of amides is 1. The standard InChI is InChI=1S/C20H26ClN5O2/c1-20(2)13-26(10-11-28-20)17(14-4-6-15(21)7-5-14)12-23-18-9-8-16(24-25-18)19(27)22-3/h4-9,17H,10-13H2,1-3H3,(H,22,27)(H,23,25). The fraction of sp³-hybridized carbons (Fsp3) is 0.450. The maximum absolute atomic E-state index is 11.6. The third kappa shape index (κ3) is 5.19. The van der Waals surface area contributed by atoms with Crippen molar-refractivity contribution in [1.82, 2.24) is 20.4 Å². The number of carbonyl (C=O) groups is 1. The quantitative estimate of drug-likeness (QED) is 0.772. The number of morpholine rings is 1. The Balaban J connectivity index is 1.75. The summed E-state index contributed by atoms with van der Waals surface area (Å²) in [6.07, 6.45) is 0. The van der Waals surface area contributed by atoms with Crippen molar-refractivity contribution >= 4 is 23.3 Å². The van der Waals surface area contributed by atoms with E-state index in [1.54, 1.807) is 19.2 Å². The van der Waals surface area contributed by atoms with E-state index in [-0.39, 0.29) is 23.2 Å². The van der Waals surface area contributed by atoms with Crippen molar-refractivity contribution in [3.05, 3.63) is 52.7 Å². The molecule has 1 saturated heterocycles. The zero-order chi connectivity index (χ0) is 20.1. The molecule has 0 spiro atoms. The second-order valence-corrected chi connectivity index (χ2v) is 7.85. The molecule has 150 valence electrons. The predicted molar refractivity (Wildman–Crippen MR) is 110 cm³/mol. The minimum absolute atomic E-state index is 0.126. The Morgan fingerprint density at radius 1 is 1.25 bits per heavy atom. The van der Waals surface area contributed by atoms with Gasteiger partial charge in [0.05, 0.1) is 18.2 Å². The molecule has 0 saturated carbocycles. The van der Waals surface area contributed by atoms with E-state index in [4.69, 9.17) is 16.3 Å². The van der Waals surface area contributed by atoms with Gasteiger partial charge in [-0.25, -0.2) is 0 Å². The van der Waals surface area contributed by atoms with E-state index in [9.17, 15) is 4.79 Å². The number of nitrogens with one attached hydrogen (secondary N) is 2. The molecule has 3 rings (SSSR count). The first-order valence-corrected chi connectivity index (χ1v) is 9.69. The number of hydrogen-bond acceptors (Lipinski definition) is 6. The molecule has 1 aliphatic rings. The lowest BCUT2D eigenvalue weighted by molar-refractivity contribution is -0.0963. The number of ether oxygens (including phenoxy) is 1. The lowest BCUT2D eigenvalue weighted by Crippen LogP contribution is -2.50. The summed E-state index contributed by atoms with van der Waals surface area (Å²) in [5.74, 6) is 0.368. The highest BCUT2D eigenvalue weighted by molar-refractivity contribution is 6.30. The van der Waals surface area contributed by atoms with Crippen LogP contribution in [0.5, 0.6) is 0 Å². The summed E-state index contributed by atoms with van der Waals surface area (Å²) in [6, 6.07) is 11.5. The first-order valence-electron chi connectivity index (χ1n) is 9.31. The molecular weight excluding hydrogens is 378 g/mol. The lowest BCUT2D eigenvalue weighted by atomic mass is 10.0. The fourth-order valence-corrected chi connectivity index (χ4v) is 3.46. The van der Waals surface area contributed by atoms with Crippen LogP contribution in [0.4, 0.5) is 5.82 Å². The van der Waals surface area contributed by atoms with E-state index < -0.39 is 0 Å². The van der Waals surface area contributed by atoms with Gasteiger partial charge in [0.2, 0.25) is 0 Å². The lowest BCUT2D eigenvalue weighted by Gasteiger charge is -2.42. The van der Waals surface area contributed by atoms with Gasteiger partial charge in [-0.1, -0.05) is 23.7 Å². The molecule has 2 heterocycles. The Hall–Kier alpha value is -2.22. The molecule has 1 atom stereocenters. The summed E-state index contributed by atoms with van der Waals surface area (Å²) in [7, 11) is 1.57. The Labute approximate surface area is 170 Å². The van der Waals surface area contributed by atoms with Gasteiger partial charge >= 0.3 is 0 Å². The van der Waals surface area contributed by atoms with Crippen molar-refractivity contribution in [2.45, 2.75) is 25.5 Å². The maximum Gasteiger partial charge on any atom is 0.271 e. The number of hydrogen-bond donors (Lipinski definition) is 2. The third-order valence-corrected chi connectivity index (χ3v) is 5.00. The van der Waals surface area contributed by atoms with E-state index in [0.717, 1.165) is 13.1 Å². The molecule has 0 aliphatic carbocycles. The molecule has 1 amide bonds. The van der Waals surface area contributed by atoms with Crippen LogP contribution in [0.25, 0.3) is 0 Å². The van der Waals surface area contributed by atoms with Crippen LogP contribution in [-0.2, 0) is 4.74 Å². The van der Waals surface area contributed by atoms with Gasteiger partial charge in [-0.15, -0.1) is 10.2 Å². The van der Waals surface area contributed by atoms with Gasteiger partial charge < -0.3 is 15.4 Å². The molecule has 0 bridgehead atoms. The normalized spacial score (nSPS) is 17.7. The van der Waals surface area contributed by atoms with Gasteiger partial charge in [-0.3, -0.25) is 9.69 Å². The molecular formula is C20H26ClN5O2. The Morgan fingerprint density at radius 2 is 2.00 bits per heavy atom. The fourth-order valence-electron chi connectivity index (χ4n) is 3.34. The topological polar surface area (TPSA) is 79.4 Å². The molecule has 0 radical (unpaired) electrons.